The van der Waals surface area contributed by atoms with E-state index in [1.807, 2.05) is 49.1 Å². The number of carbonyl (C=O) groups is 2. The Morgan fingerprint density at radius 2 is 1.78 bits per heavy atom. The van der Waals surface area contributed by atoms with Gasteiger partial charge < -0.3 is 15.5 Å². The highest BCUT2D eigenvalue weighted by atomic mass is 35.5. The molecule has 0 aliphatic carbocycles. The van der Waals surface area contributed by atoms with Crippen molar-refractivity contribution in [2.24, 2.45) is 5.92 Å². The summed E-state index contributed by atoms with van der Waals surface area (Å²) in [5.74, 6) is 0.211. The van der Waals surface area contributed by atoms with Crippen LogP contribution in [-0.4, -0.2) is 42.4 Å². The zero-order valence-corrected chi connectivity index (χ0v) is 14.6. The molecule has 23 heavy (non-hydrogen) atoms. The quantitative estimate of drug-likeness (QED) is 0.865. The molecule has 1 aliphatic heterocycles. The lowest BCUT2D eigenvalue weighted by Gasteiger charge is -2.33. The van der Waals surface area contributed by atoms with Gasteiger partial charge in [0.1, 0.15) is 0 Å². The van der Waals surface area contributed by atoms with Gasteiger partial charge >= 0.3 is 0 Å². The fraction of sp³-hybridized carbons (Fsp3) is 0.529. The fourth-order valence-electron chi connectivity index (χ4n) is 2.49. The number of carbonyl (C=O) groups excluding carboxylic acids is 2. The maximum absolute atomic E-state index is 12.2. The molecule has 1 fully saturated rings. The number of piperidine rings is 1. The maximum Gasteiger partial charge on any atom is 0.241 e. The summed E-state index contributed by atoms with van der Waals surface area (Å²) < 4.78 is 0. The van der Waals surface area contributed by atoms with Crippen LogP contribution in [0.3, 0.4) is 0 Å². The molecule has 0 aromatic heterocycles. The topological polar surface area (TPSA) is 61.4 Å². The van der Waals surface area contributed by atoms with Gasteiger partial charge in [0.15, 0.2) is 0 Å². The predicted molar refractivity (Wildman–Crippen MR) is 94.8 cm³/mol. The molecule has 2 N–H and O–H groups in total. The molecule has 0 saturated carbocycles. The molecule has 128 valence electrons. The molecule has 0 bridgehead atoms. The Hall–Kier alpha value is -1.75. The number of rotatable bonds is 5. The number of hydrogen-bond donors (Lipinski definition) is 2. The summed E-state index contributed by atoms with van der Waals surface area (Å²) in [6.45, 7) is 5.51. The van der Waals surface area contributed by atoms with E-state index in [-0.39, 0.29) is 36.2 Å². The first-order valence-corrected chi connectivity index (χ1v) is 7.93. The highest BCUT2D eigenvalue weighted by Crippen LogP contribution is 2.12. The van der Waals surface area contributed by atoms with Crippen molar-refractivity contribution in [1.29, 1.82) is 0 Å². The Morgan fingerprint density at radius 1 is 1.17 bits per heavy atom. The maximum atomic E-state index is 12.2. The van der Waals surface area contributed by atoms with Crippen LogP contribution in [0.15, 0.2) is 30.3 Å². The first kappa shape index (κ1) is 19.3. The molecule has 2 rings (SSSR count). The smallest absolute Gasteiger partial charge is 0.241 e. The van der Waals surface area contributed by atoms with Crippen LogP contribution in [-0.2, 0) is 9.59 Å². The molecular formula is C17H26ClN3O2. The molecule has 1 aromatic carbocycles. The van der Waals surface area contributed by atoms with Gasteiger partial charge in [-0.25, -0.2) is 0 Å². The van der Waals surface area contributed by atoms with Crippen molar-refractivity contribution in [3.63, 3.8) is 0 Å². The Kier molecular flexibility index (Phi) is 7.89. The van der Waals surface area contributed by atoms with Crippen LogP contribution >= 0.6 is 12.4 Å². The molecule has 0 radical (unpaired) electrons. The van der Waals surface area contributed by atoms with Gasteiger partial charge in [0.05, 0.1) is 6.54 Å². The van der Waals surface area contributed by atoms with Crippen LogP contribution in [0.1, 0.15) is 26.7 Å². The monoisotopic (exact) mass is 339 g/mol. The van der Waals surface area contributed by atoms with E-state index in [9.17, 15) is 9.59 Å². The molecule has 0 spiro atoms. The predicted octanol–water partition coefficient (Wildman–Crippen LogP) is 2.28. The SMILES string of the molecule is CC(C)C(=O)NC1CCN(C(=O)CNc2ccccc2)CC1.Cl. The van der Waals surface area contributed by atoms with Crippen molar-refractivity contribution < 1.29 is 9.59 Å². The van der Waals surface area contributed by atoms with Crippen LogP contribution < -0.4 is 10.6 Å². The second kappa shape index (κ2) is 9.40. The van der Waals surface area contributed by atoms with Crippen molar-refractivity contribution in [1.82, 2.24) is 10.2 Å². The van der Waals surface area contributed by atoms with Gasteiger partial charge in [-0.3, -0.25) is 9.59 Å². The van der Waals surface area contributed by atoms with Crippen molar-refractivity contribution in [2.75, 3.05) is 25.0 Å². The summed E-state index contributed by atoms with van der Waals surface area (Å²) in [7, 11) is 0. The van der Waals surface area contributed by atoms with Crippen molar-refractivity contribution >= 4 is 29.9 Å². The standard InChI is InChI=1S/C17H25N3O2.ClH/c1-13(2)17(22)19-15-8-10-20(11-9-15)16(21)12-18-14-6-4-3-5-7-14;/h3-7,13,15,18H,8-12H2,1-2H3,(H,19,22);1H. The van der Waals surface area contributed by atoms with Gasteiger partial charge in [0.25, 0.3) is 0 Å². The van der Waals surface area contributed by atoms with E-state index in [0.29, 0.717) is 19.6 Å². The summed E-state index contributed by atoms with van der Waals surface area (Å²) in [5.41, 5.74) is 0.954. The van der Waals surface area contributed by atoms with Gasteiger partial charge in [-0.2, -0.15) is 0 Å². The third-order valence-corrected chi connectivity index (χ3v) is 3.94. The highest BCUT2D eigenvalue weighted by Gasteiger charge is 2.24. The molecule has 1 heterocycles. The fourth-order valence-corrected chi connectivity index (χ4v) is 2.49. The Labute approximate surface area is 144 Å². The first-order chi connectivity index (χ1) is 10.6. The number of hydrogen-bond acceptors (Lipinski definition) is 3. The zero-order chi connectivity index (χ0) is 15.9. The number of amides is 2. The molecule has 6 heteroatoms. The molecule has 0 unspecified atom stereocenters. The molecular weight excluding hydrogens is 314 g/mol. The highest BCUT2D eigenvalue weighted by molar-refractivity contribution is 5.85. The minimum Gasteiger partial charge on any atom is -0.376 e. The van der Waals surface area contributed by atoms with Crippen LogP contribution in [0.2, 0.25) is 0 Å². The largest absolute Gasteiger partial charge is 0.376 e. The number of para-hydroxylation sites is 1. The first-order valence-electron chi connectivity index (χ1n) is 7.93. The second-order valence-corrected chi connectivity index (χ2v) is 6.04. The number of likely N-dealkylation sites (tertiary alicyclic amines) is 1. The number of anilines is 1. The molecule has 2 amide bonds. The Bertz CT molecular complexity index is 500. The van der Waals surface area contributed by atoms with Crippen molar-refractivity contribution in [3.05, 3.63) is 30.3 Å². The van der Waals surface area contributed by atoms with Gasteiger partial charge in [0, 0.05) is 30.7 Å². The lowest BCUT2D eigenvalue weighted by molar-refractivity contribution is -0.130. The van der Waals surface area contributed by atoms with Gasteiger partial charge in [-0.15, -0.1) is 12.4 Å². The number of halogens is 1. The van der Waals surface area contributed by atoms with E-state index in [4.69, 9.17) is 0 Å². The van der Waals surface area contributed by atoms with E-state index in [2.05, 4.69) is 10.6 Å². The number of nitrogens with one attached hydrogen (secondary N) is 2. The average molecular weight is 340 g/mol. The molecule has 1 aliphatic rings. The lowest BCUT2D eigenvalue weighted by Crippen LogP contribution is -2.48. The molecule has 1 aromatic rings. The van der Waals surface area contributed by atoms with Crippen LogP contribution in [0.4, 0.5) is 5.69 Å². The van der Waals surface area contributed by atoms with E-state index in [1.54, 1.807) is 0 Å². The molecule has 0 atom stereocenters. The van der Waals surface area contributed by atoms with E-state index >= 15 is 0 Å². The van der Waals surface area contributed by atoms with E-state index < -0.39 is 0 Å². The lowest BCUT2D eigenvalue weighted by atomic mass is 10.0. The zero-order valence-electron chi connectivity index (χ0n) is 13.7. The summed E-state index contributed by atoms with van der Waals surface area (Å²) in [5, 5.41) is 6.18. The van der Waals surface area contributed by atoms with Crippen molar-refractivity contribution in [3.8, 4) is 0 Å². The summed E-state index contributed by atoms with van der Waals surface area (Å²) in [4.78, 5) is 25.7. The molecule has 5 nitrogen and oxygen atoms in total. The normalized spacial score (nSPS) is 15.0. The summed E-state index contributed by atoms with van der Waals surface area (Å²) >= 11 is 0. The van der Waals surface area contributed by atoms with Crippen LogP contribution in [0.5, 0.6) is 0 Å². The van der Waals surface area contributed by atoms with Gasteiger partial charge in [-0.05, 0) is 25.0 Å². The van der Waals surface area contributed by atoms with Crippen LogP contribution in [0.25, 0.3) is 0 Å². The van der Waals surface area contributed by atoms with Gasteiger partial charge in [0.2, 0.25) is 11.8 Å². The van der Waals surface area contributed by atoms with Crippen LogP contribution in [0, 0.1) is 5.92 Å². The minimum absolute atomic E-state index is 0. The summed E-state index contributed by atoms with van der Waals surface area (Å²) in [6.07, 6.45) is 1.66. The summed E-state index contributed by atoms with van der Waals surface area (Å²) in [6, 6.07) is 9.91. The van der Waals surface area contributed by atoms with Gasteiger partial charge in [-0.1, -0.05) is 32.0 Å². The third-order valence-electron chi connectivity index (χ3n) is 3.94. The average Bonchev–Trinajstić information content (AvgIpc) is 2.54. The Morgan fingerprint density at radius 3 is 2.35 bits per heavy atom. The second-order valence-electron chi connectivity index (χ2n) is 6.04. The van der Waals surface area contributed by atoms with E-state index in [0.717, 1.165) is 18.5 Å². The number of benzene rings is 1. The third kappa shape index (κ3) is 6.10. The van der Waals surface area contributed by atoms with Crippen molar-refractivity contribution in [2.45, 2.75) is 32.7 Å². The Balaban J connectivity index is 0.00000264. The molecule has 1 saturated heterocycles. The van der Waals surface area contributed by atoms with E-state index in [1.165, 1.54) is 0 Å². The number of nitrogens with zero attached hydrogens (tertiary/aromatic N) is 1. The minimum atomic E-state index is 0.